The Morgan fingerprint density at radius 3 is 2.06 bits per heavy atom. The fraction of sp³-hybridized carbons (Fsp3) is 0.417. The number of carbonyl (C=O) groups is 2. The van der Waals surface area contributed by atoms with Crippen molar-refractivity contribution in [2.75, 3.05) is 44.6 Å². The zero-order chi connectivity index (χ0) is 22.4. The van der Waals surface area contributed by atoms with Gasteiger partial charge in [-0.2, -0.15) is 0 Å². The van der Waals surface area contributed by atoms with Crippen LogP contribution in [0.1, 0.15) is 29.7 Å². The van der Waals surface area contributed by atoms with Crippen LogP contribution in [-0.4, -0.2) is 60.9 Å². The number of carbonyl (C=O) groups excluding carboxylic acids is 2. The number of anilines is 1. The molecule has 0 saturated carbocycles. The van der Waals surface area contributed by atoms with Crippen LogP contribution in [0.4, 0.5) is 5.69 Å². The van der Waals surface area contributed by atoms with Crippen molar-refractivity contribution in [1.82, 2.24) is 15.1 Å². The number of rotatable bonds is 7. The molecular weight excluding hydrogens is 412 g/mol. The van der Waals surface area contributed by atoms with E-state index in [1.54, 1.807) is 0 Å². The SMILES string of the molecule is Cc1cccc(C)c1NC(=O)CN1CCN(CC(=O)N[C@@H](C)c2cccc(Cl)c2)CC1. The van der Waals surface area contributed by atoms with Crippen molar-refractivity contribution in [3.05, 3.63) is 64.2 Å². The zero-order valence-corrected chi connectivity index (χ0v) is 19.2. The first kappa shape index (κ1) is 23.3. The van der Waals surface area contributed by atoms with Crippen molar-refractivity contribution in [1.29, 1.82) is 0 Å². The lowest BCUT2D eigenvalue weighted by molar-refractivity contribution is -0.124. The van der Waals surface area contributed by atoms with E-state index in [1.807, 2.05) is 63.2 Å². The second-order valence-electron chi connectivity index (χ2n) is 8.21. The minimum Gasteiger partial charge on any atom is -0.348 e. The molecule has 1 atom stereocenters. The molecule has 6 nitrogen and oxygen atoms in total. The lowest BCUT2D eigenvalue weighted by Crippen LogP contribution is -2.51. The lowest BCUT2D eigenvalue weighted by atomic mass is 10.1. The Labute approximate surface area is 189 Å². The van der Waals surface area contributed by atoms with Gasteiger partial charge in [0.2, 0.25) is 11.8 Å². The van der Waals surface area contributed by atoms with Crippen LogP contribution in [0, 0.1) is 13.8 Å². The number of hydrogen-bond donors (Lipinski definition) is 2. The van der Waals surface area contributed by atoms with Crippen molar-refractivity contribution in [3.63, 3.8) is 0 Å². The van der Waals surface area contributed by atoms with Gasteiger partial charge >= 0.3 is 0 Å². The molecule has 2 aromatic rings. The number of nitrogens with one attached hydrogen (secondary N) is 2. The summed E-state index contributed by atoms with van der Waals surface area (Å²) in [5, 5.41) is 6.74. The predicted octanol–water partition coefficient (Wildman–Crippen LogP) is 3.39. The van der Waals surface area contributed by atoms with Crippen molar-refractivity contribution >= 4 is 29.1 Å². The van der Waals surface area contributed by atoms with Gasteiger partial charge in [-0.15, -0.1) is 0 Å². The van der Waals surface area contributed by atoms with Crippen LogP contribution in [-0.2, 0) is 9.59 Å². The van der Waals surface area contributed by atoms with Gasteiger partial charge in [-0.25, -0.2) is 0 Å². The fourth-order valence-electron chi connectivity index (χ4n) is 3.85. The Kier molecular flexibility index (Phi) is 8.07. The molecule has 0 bridgehead atoms. The highest BCUT2D eigenvalue weighted by atomic mass is 35.5. The Bertz CT molecular complexity index is 905. The number of nitrogens with zero attached hydrogens (tertiary/aromatic N) is 2. The molecule has 1 fully saturated rings. The van der Waals surface area contributed by atoms with E-state index in [-0.39, 0.29) is 17.9 Å². The van der Waals surface area contributed by atoms with E-state index in [0.29, 0.717) is 18.1 Å². The minimum absolute atomic E-state index is 0.000982. The molecule has 2 N–H and O–H groups in total. The average molecular weight is 443 g/mol. The van der Waals surface area contributed by atoms with E-state index in [1.165, 1.54) is 0 Å². The highest BCUT2D eigenvalue weighted by Crippen LogP contribution is 2.19. The van der Waals surface area contributed by atoms with Crippen LogP contribution in [0.3, 0.4) is 0 Å². The third-order valence-corrected chi connectivity index (χ3v) is 5.91. The van der Waals surface area contributed by atoms with E-state index in [2.05, 4.69) is 20.4 Å². The molecule has 0 radical (unpaired) electrons. The Morgan fingerprint density at radius 1 is 0.935 bits per heavy atom. The van der Waals surface area contributed by atoms with Gasteiger partial charge in [0, 0.05) is 36.9 Å². The summed E-state index contributed by atoms with van der Waals surface area (Å²) in [7, 11) is 0. The summed E-state index contributed by atoms with van der Waals surface area (Å²) in [5.74, 6) is -0.00682. The summed E-state index contributed by atoms with van der Waals surface area (Å²) in [6.07, 6.45) is 0. The largest absolute Gasteiger partial charge is 0.348 e. The quantitative estimate of drug-likeness (QED) is 0.689. The molecule has 3 rings (SSSR count). The minimum atomic E-state index is -0.0962. The molecule has 0 unspecified atom stereocenters. The van der Waals surface area contributed by atoms with Crippen molar-refractivity contribution in [3.8, 4) is 0 Å². The molecule has 166 valence electrons. The molecule has 1 aliphatic rings. The van der Waals surface area contributed by atoms with Crippen LogP contribution < -0.4 is 10.6 Å². The first-order chi connectivity index (χ1) is 14.8. The van der Waals surface area contributed by atoms with Crippen LogP contribution >= 0.6 is 11.6 Å². The smallest absolute Gasteiger partial charge is 0.238 e. The highest BCUT2D eigenvalue weighted by molar-refractivity contribution is 6.30. The molecule has 7 heteroatoms. The average Bonchev–Trinajstić information content (AvgIpc) is 2.72. The molecule has 2 aromatic carbocycles. The number of benzene rings is 2. The van der Waals surface area contributed by atoms with Gasteiger partial charge < -0.3 is 10.6 Å². The van der Waals surface area contributed by atoms with E-state index >= 15 is 0 Å². The Balaban J connectivity index is 1.41. The Morgan fingerprint density at radius 2 is 1.48 bits per heavy atom. The standard InChI is InChI=1S/C24H31ClN4O2/c1-17-6-4-7-18(2)24(17)27-23(31)16-29-12-10-28(11-13-29)15-22(30)26-19(3)20-8-5-9-21(25)14-20/h4-9,14,19H,10-13,15-16H2,1-3H3,(H,26,30)(H,27,31)/t19-/m0/s1. The normalized spacial score (nSPS) is 16.0. The van der Waals surface area contributed by atoms with Crippen molar-refractivity contribution < 1.29 is 9.59 Å². The number of aryl methyl sites for hydroxylation is 2. The van der Waals surface area contributed by atoms with Gasteiger partial charge in [0.25, 0.3) is 0 Å². The first-order valence-electron chi connectivity index (χ1n) is 10.7. The predicted molar refractivity (Wildman–Crippen MR) is 125 cm³/mol. The summed E-state index contributed by atoms with van der Waals surface area (Å²) in [4.78, 5) is 29.2. The van der Waals surface area contributed by atoms with Gasteiger partial charge in [-0.1, -0.05) is 41.9 Å². The van der Waals surface area contributed by atoms with E-state index in [9.17, 15) is 9.59 Å². The molecule has 1 saturated heterocycles. The molecule has 1 heterocycles. The molecule has 0 aromatic heterocycles. The number of halogens is 1. The number of piperazine rings is 1. The first-order valence-corrected chi connectivity index (χ1v) is 11.0. The molecule has 2 amide bonds. The fourth-order valence-corrected chi connectivity index (χ4v) is 4.05. The molecule has 0 spiro atoms. The van der Waals surface area contributed by atoms with E-state index < -0.39 is 0 Å². The third kappa shape index (κ3) is 6.79. The lowest BCUT2D eigenvalue weighted by Gasteiger charge is -2.34. The van der Waals surface area contributed by atoms with E-state index in [0.717, 1.165) is 48.6 Å². The summed E-state index contributed by atoms with van der Waals surface area (Å²) in [5.41, 5.74) is 4.02. The molecule has 0 aliphatic carbocycles. The van der Waals surface area contributed by atoms with E-state index in [4.69, 9.17) is 11.6 Å². The van der Waals surface area contributed by atoms with Crippen LogP contribution in [0.5, 0.6) is 0 Å². The number of para-hydroxylation sites is 1. The zero-order valence-electron chi connectivity index (χ0n) is 18.5. The topological polar surface area (TPSA) is 64.7 Å². The summed E-state index contributed by atoms with van der Waals surface area (Å²) >= 11 is 6.04. The van der Waals surface area contributed by atoms with Gasteiger partial charge in [-0.05, 0) is 49.6 Å². The molecule has 1 aliphatic heterocycles. The maximum Gasteiger partial charge on any atom is 0.238 e. The Hall–Kier alpha value is -2.41. The summed E-state index contributed by atoms with van der Waals surface area (Å²) in [6, 6.07) is 13.4. The van der Waals surface area contributed by atoms with Crippen LogP contribution in [0.15, 0.2) is 42.5 Å². The second-order valence-corrected chi connectivity index (χ2v) is 8.65. The second kappa shape index (κ2) is 10.8. The van der Waals surface area contributed by atoms with Crippen molar-refractivity contribution in [2.24, 2.45) is 0 Å². The molecular formula is C24H31ClN4O2. The monoisotopic (exact) mass is 442 g/mol. The number of amides is 2. The summed E-state index contributed by atoms with van der Waals surface area (Å²) < 4.78 is 0. The third-order valence-electron chi connectivity index (χ3n) is 5.67. The van der Waals surface area contributed by atoms with Gasteiger partial charge in [0.1, 0.15) is 0 Å². The maximum absolute atomic E-state index is 12.5. The van der Waals surface area contributed by atoms with Crippen molar-refractivity contribution in [2.45, 2.75) is 26.8 Å². The van der Waals surface area contributed by atoms with Gasteiger partial charge in [0.15, 0.2) is 0 Å². The van der Waals surface area contributed by atoms with Gasteiger partial charge in [-0.3, -0.25) is 19.4 Å². The van der Waals surface area contributed by atoms with Crippen LogP contribution in [0.2, 0.25) is 5.02 Å². The number of hydrogen-bond acceptors (Lipinski definition) is 4. The maximum atomic E-state index is 12.5. The molecule has 31 heavy (non-hydrogen) atoms. The highest BCUT2D eigenvalue weighted by Gasteiger charge is 2.21. The van der Waals surface area contributed by atoms with Crippen LogP contribution in [0.25, 0.3) is 0 Å². The van der Waals surface area contributed by atoms with Gasteiger partial charge in [0.05, 0.1) is 19.1 Å². The summed E-state index contributed by atoms with van der Waals surface area (Å²) in [6.45, 7) is 9.71.